The number of carbonyl (C=O) groups is 1. The minimum absolute atomic E-state index is 0.0289. The third kappa shape index (κ3) is 43.0. The van der Waals surface area contributed by atoms with Crippen LogP contribution in [-0.2, 0) is 38.0 Å². The van der Waals surface area contributed by atoms with E-state index < -0.39 is 12.3 Å². The van der Waals surface area contributed by atoms with Crippen LogP contribution in [0.4, 0.5) is 0 Å². The van der Waals surface area contributed by atoms with E-state index in [1.807, 2.05) is 0 Å². The minimum atomic E-state index is -0.935. The molecule has 44 heavy (non-hydrogen) atoms. The maximum absolute atomic E-state index is 9.83. The number of unbranched alkanes of at least 4 members (excludes halogenated alkanes) is 12. The summed E-state index contributed by atoms with van der Waals surface area (Å²) in [6.45, 7) is 12.8. The number of aliphatic hydroxyl groups is 2. The van der Waals surface area contributed by atoms with Gasteiger partial charge in [-0.3, -0.25) is 0 Å². The topological polar surface area (TPSA) is 142 Å². The van der Waals surface area contributed by atoms with Gasteiger partial charge < -0.3 is 48.5 Å². The van der Waals surface area contributed by atoms with E-state index in [9.17, 15) is 9.90 Å². The molecule has 0 rings (SSSR count). The number of hydrogen-bond acceptors (Lipinski definition) is 10. The average molecular weight is 639 g/mol. The summed E-state index contributed by atoms with van der Waals surface area (Å²) < 4.78 is 37.5. The summed E-state index contributed by atoms with van der Waals surface area (Å²) in [6.07, 6.45) is 16.3. The van der Waals surface area contributed by atoms with Crippen LogP contribution >= 0.6 is 0 Å². The van der Waals surface area contributed by atoms with E-state index in [1.165, 1.54) is 77.6 Å². The number of rotatable bonds is 35. The molecular weight excluding hydrogens is 572 g/mol. The Balaban J connectivity index is 0. The number of carboxylic acids is 1. The number of hydrogen-bond donors (Lipinski definition) is 3. The van der Waals surface area contributed by atoms with Gasteiger partial charge in [-0.25, -0.2) is 4.79 Å². The van der Waals surface area contributed by atoms with E-state index in [4.69, 9.17) is 43.4 Å². The Morgan fingerprint density at radius 3 is 1.23 bits per heavy atom. The van der Waals surface area contributed by atoms with Crippen molar-refractivity contribution in [3.05, 3.63) is 12.2 Å². The molecule has 0 aliphatic carbocycles. The molecule has 0 bridgehead atoms. The summed E-state index contributed by atoms with van der Waals surface area (Å²) in [6, 6.07) is 0. The van der Waals surface area contributed by atoms with Crippen LogP contribution in [-0.4, -0.2) is 120 Å². The molecular formula is C33H66O11. The number of ether oxygens (including phenoxy) is 7. The third-order valence-electron chi connectivity index (χ3n) is 6.28. The Kier molecular flexibility index (Phi) is 40.8. The van der Waals surface area contributed by atoms with Gasteiger partial charge in [0.15, 0.2) is 6.29 Å². The van der Waals surface area contributed by atoms with Gasteiger partial charge in [-0.15, -0.1) is 0 Å². The largest absolute Gasteiger partial charge is 0.478 e. The summed E-state index contributed by atoms with van der Waals surface area (Å²) in [4.78, 5) is 9.60. The molecule has 0 amide bonds. The Hall–Kier alpha value is -1.15. The summed E-state index contributed by atoms with van der Waals surface area (Å²) in [7, 11) is 0. The first-order valence-electron chi connectivity index (χ1n) is 16.7. The lowest BCUT2D eigenvalue weighted by atomic mass is 10.0. The van der Waals surface area contributed by atoms with Crippen LogP contribution in [0.2, 0.25) is 0 Å². The summed E-state index contributed by atoms with van der Waals surface area (Å²) in [5.74, 6) is -0.935. The highest BCUT2D eigenvalue weighted by Gasteiger charge is 2.04. The van der Waals surface area contributed by atoms with Crippen molar-refractivity contribution in [1.82, 2.24) is 0 Å². The van der Waals surface area contributed by atoms with Crippen molar-refractivity contribution in [3.8, 4) is 0 Å². The quantitative estimate of drug-likeness (QED) is 0.0482. The van der Waals surface area contributed by atoms with Crippen LogP contribution in [0.15, 0.2) is 12.2 Å². The van der Waals surface area contributed by atoms with Crippen molar-refractivity contribution in [1.29, 1.82) is 0 Å². The third-order valence-corrected chi connectivity index (χ3v) is 6.28. The van der Waals surface area contributed by atoms with Crippen LogP contribution in [0.25, 0.3) is 0 Å². The normalized spacial score (nSPS) is 11.7. The molecule has 11 nitrogen and oxygen atoms in total. The fourth-order valence-corrected chi connectivity index (χ4v) is 3.74. The Morgan fingerprint density at radius 2 is 0.886 bits per heavy atom. The second kappa shape index (κ2) is 39.9. The smallest absolute Gasteiger partial charge is 0.330 e. The highest BCUT2D eigenvalue weighted by molar-refractivity contribution is 5.84. The van der Waals surface area contributed by atoms with Gasteiger partial charge in [-0.05, 0) is 13.3 Å². The first-order chi connectivity index (χ1) is 21.5. The van der Waals surface area contributed by atoms with E-state index in [0.717, 1.165) is 12.8 Å². The Bertz CT molecular complexity index is 566. The molecule has 0 aliphatic heterocycles. The number of carboxylic acid groups (broad SMARTS) is 1. The molecule has 0 aromatic rings. The van der Waals surface area contributed by atoms with Gasteiger partial charge >= 0.3 is 5.97 Å². The Morgan fingerprint density at radius 1 is 0.568 bits per heavy atom. The van der Waals surface area contributed by atoms with Gasteiger partial charge in [0.05, 0.1) is 85.9 Å². The molecule has 0 saturated carbocycles. The lowest BCUT2D eigenvalue weighted by Gasteiger charge is -2.12. The molecule has 0 fully saturated rings. The highest BCUT2D eigenvalue weighted by Crippen LogP contribution is 2.12. The van der Waals surface area contributed by atoms with Gasteiger partial charge in [-0.2, -0.15) is 0 Å². The van der Waals surface area contributed by atoms with Crippen LogP contribution in [0.1, 0.15) is 97.3 Å². The number of aliphatic carboxylic acids is 1. The van der Waals surface area contributed by atoms with Crippen molar-refractivity contribution in [3.63, 3.8) is 0 Å². The molecule has 3 N–H and O–H groups in total. The standard InChI is InChI=1S/C29H60O9.C4H6O2/c1-2-3-4-5-6-7-8-9-10-11-12-13-14-16-38-29(31)28-37-27-26-36-25-24-35-23-22-34-21-20-33-19-18-32-17-15-30;1-3(2)4(5)6/h29-31H,2-28H2,1H3;1H2,2H3,(H,5,6). The predicted molar refractivity (Wildman–Crippen MR) is 172 cm³/mol. The average Bonchev–Trinajstić information content (AvgIpc) is 3.01. The molecule has 0 aromatic carbocycles. The summed E-state index contributed by atoms with van der Waals surface area (Å²) in [5.41, 5.74) is 0.176. The van der Waals surface area contributed by atoms with Gasteiger partial charge in [0, 0.05) is 12.2 Å². The van der Waals surface area contributed by atoms with Gasteiger partial charge in [0.25, 0.3) is 0 Å². The van der Waals surface area contributed by atoms with Crippen LogP contribution in [0, 0.1) is 0 Å². The van der Waals surface area contributed by atoms with Crippen LogP contribution in [0.3, 0.4) is 0 Å². The van der Waals surface area contributed by atoms with E-state index >= 15 is 0 Å². The second-order valence-corrected chi connectivity index (χ2v) is 10.5. The van der Waals surface area contributed by atoms with Crippen molar-refractivity contribution in [2.45, 2.75) is 104 Å². The Labute approximate surface area is 267 Å². The molecule has 0 aromatic heterocycles. The molecule has 1 atom stereocenters. The first kappa shape index (κ1) is 45.0. The molecule has 0 radical (unpaired) electrons. The molecule has 0 spiro atoms. The van der Waals surface area contributed by atoms with Crippen LogP contribution in [0.5, 0.6) is 0 Å². The summed E-state index contributed by atoms with van der Waals surface area (Å²) >= 11 is 0. The fraction of sp³-hybridized carbons (Fsp3) is 0.909. The lowest BCUT2D eigenvalue weighted by Crippen LogP contribution is -2.21. The van der Waals surface area contributed by atoms with Gasteiger partial charge in [-0.1, -0.05) is 90.6 Å². The van der Waals surface area contributed by atoms with Crippen molar-refractivity contribution in [2.75, 3.05) is 92.5 Å². The predicted octanol–water partition coefficient (Wildman–Crippen LogP) is 5.15. The molecule has 0 aliphatic rings. The van der Waals surface area contributed by atoms with E-state index in [2.05, 4.69) is 13.5 Å². The zero-order chi connectivity index (χ0) is 32.8. The van der Waals surface area contributed by atoms with Crippen molar-refractivity contribution >= 4 is 5.97 Å². The van der Waals surface area contributed by atoms with Gasteiger partial charge in [0.2, 0.25) is 0 Å². The molecule has 0 heterocycles. The zero-order valence-corrected chi connectivity index (χ0v) is 28.0. The first-order valence-corrected chi connectivity index (χ1v) is 16.7. The van der Waals surface area contributed by atoms with Crippen LogP contribution < -0.4 is 0 Å². The monoisotopic (exact) mass is 638 g/mol. The fourth-order valence-electron chi connectivity index (χ4n) is 3.74. The van der Waals surface area contributed by atoms with E-state index in [-0.39, 0.29) is 18.8 Å². The SMILES string of the molecule is C=C(C)C(=O)O.CCCCCCCCCCCCCCCOC(O)COCCOCCOCCOCCOCCOCCO. The maximum Gasteiger partial charge on any atom is 0.330 e. The minimum Gasteiger partial charge on any atom is -0.478 e. The zero-order valence-electron chi connectivity index (χ0n) is 28.0. The second-order valence-electron chi connectivity index (χ2n) is 10.5. The molecule has 0 saturated heterocycles. The van der Waals surface area contributed by atoms with E-state index in [1.54, 1.807) is 0 Å². The molecule has 1 unspecified atom stereocenters. The van der Waals surface area contributed by atoms with E-state index in [0.29, 0.717) is 79.3 Å². The van der Waals surface area contributed by atoms with Gasteiger partial charge in [0.1, 0.15) is 0 Å². The number of aliphatic hydroxyl groups excluding tert-OH is 2. The van der Waals surface area contributed by atoms with Crippen molar-refractivity contribution in [2.24, 2.45) is 0 Å². The van der Waals surface area contributed by atoms with Crippen molar-refractivity contribution < 1.29 is 53.3 Å². The molecule has 11 heteroatoms. The lowest BCUT2D eigenvalue weighted by molar-refractivity contribution is -0.141. The summed E-state index contributed by atoms with van der Waals surface area (Å²) in [5, 5.41) is 26.3. The molecule has 264 valence electrons. The maximum atomic E-state index is 9.83. The highest BCUT2D eigenvalue weighted by atomic mass is 16.6.